The standard InChI is InChI=1S/C16H17N5O/c1-19(10-13-8-17-20(2)11-13)16(22)14-9-18-21(12-14)15-6-4-3-5-7-15/h3-9,11-12H,10H2,1-2H3. The van der Waals surface area contributed by atoms with Gasteiger partial charge in [-0.25, -0.2) is 4.68 Å². The summed E-state index contributed by atoms with van der Waals surface area (Å²) in [6.45, 7) is 0.517. The summed E-state index contributed by atoms with van der Waals surface area (Å²) in [6, 6.07) is 9.71. The van der Waals surface area contributed by atoms with E-state index in [-0.39, 0.29) is 5.91 Å². The van der Waals surface area contributed by atoms with Gasteiger partial charge in [0, 0.05) is 38.6 Å². The van der Waals surface area contributed by atoms with E-state index in [2.05, 4.69) is 10.2 Å². The predicted molar refractivity (Wildman–Crippen MR) is 82.6 cm³/mol. The summed E-state index contributed by atoms with van der Waals surface area (Å²) in [6.07, 6.45) is 7.00. The first kappa shape index (κ1) is 14.1. The van der Waals surface area contributed by atoms with Crippen molar-refractivity contribution in [3.63, 3.8) is 0 Å². The lowest BCUT2D eigenvalue weighted by Gasteiger charge is -2.14. The van der Waals surface area contributed by atoms with Gasteiger partial charge in [-0.1, -0.05) is 18.2 Å². The lowest BCUT2D eigenvalue weighted by Crippen LogP contribution is -2.25. The quantitative estimate of drug-likeness (QED) is 0.738. The number of nitrogens with zero attached hydrogens (tertiary/aromatic N) is 5. The van der Waals surface area contributed by atoms with Crippen LogP contribution in [0.4, 0.5) is 0 Å². The summed E-state index contributed by atoms with van der Waals surface area (Å²) in [5, 5.41) is 8.36. The van der Waals surface area contributed by atoms with Gasteiger partial charge in [0.25, 0.3) is 5.91 Å². The minimum atomic E-state index is -0.0639. The molecule has 0 radical (unpaired) electrons. The molecule has 3 rings (SSSR count). The number of para-hydroxylation sites is 1. The number of rotatable bonds is 4. The summed E-state index contributed by atoms with van der Waals surface area (Å²) in [7, 11) is 3.63. The van der Waals surface area contributed by atoms with Crippen LogP contribution >= 0.6 is 0 Å². The van der Waals surface area contributed by atoms with Gasteiger partial charge in [-0.3, -0.25) is 9.48 Å². The maximum absolute atomic E-state index is 12.4. The van der Waals surface area contributed by atoms with Crippen LogP contribution in [-0.2, 0) is 13.6 Å². The third kappa shape index (κ3) is 2.90. The van der Waals surface area contributed by atoms with E-state index in [9.17, 15) is 4.79 Å². The molecule has 2 aromatic heterocycles. The summed E-state index contributed by atoms with van der Waals surface area (Å²) in [4.78, 5) is 14.1. The number of amides is 1. The Bertz CT molecular complexity index is 775. The normalized spacial score (nSPS) is 10.6. The van der Waals surface area contributed by atoms with Gasteiger partial charge in [-0.15, -0.1) is 0 Å². The van der Waals surface area contributed by atoms with Crippen LogP contribution in [-0.4, -0.2) is 37.4 Å². The summed E-state index contributed by atoms with van der Waals surface area (Å²) < 4.78 is 3.42. The monoisotopic (exact) mass is 295 g/mol. The Morgan fingerprint density at radius 3 is 2.59 bits per heavy atom. The maximum Gasteiger partial charge on any atom is 0.257 e. The Morgan fingerprint density at radius 1 is 1.14 bits per heavy atom. The molecule has 0 bridgehead atoms. The lowest BCUT2D eigenvalue weighted by atomic mass is 10.2. The van der Waals surface area contributed by atoms with E-state index in [1.807, 2.05) is 43.6 Å². The molecule has 3 aromatic rings. The van der Waals surface area contributed by atoms with Gasteiger partial charge < -0.3 is 4.90 Å². The second kappa shape index (κ2) is 5.85. The Hall–Kier alpha value is -2.89. The van der Waals surface area contributed by atoms with E-state index in [1.165, 1.54) is 0 Å². The van der Waals surface area contributed by atoms with E-state index in [1.54, 1.807) is 39.9 Å². The highest BCUT2D eigenvalue weighted by atomic mass is 16.2. The van der Waals surface area contributed by atoms with Crippen molar-refractivity contribution in [3.8, 4) is 5.69 Å². The van der Waals surface area contributed by atoms with Crippen LogP contribution in [0.15, 0.2) is 55.1 Å². The second-order valence-electron chi connectivity index (χ2n) is 5.19. The number of benzene rings is 1. The van der Waals surface area contributed by atoms with Crippen molar-refractivity contribution in [3.05, 3.63) is 66.2 Å². The number of carbonyl (C=O) groups excluding carboxylic acids is 1. The molecule has 2 heterocycles. The molecule has 1 amide bonds. The van der Waals surface area contributed by atoms with E-state index >= 15 is 0 Å². The third-order valence-electron chi connectivity index (χ3n) is 3.38. The van der Waals surface area contributed by atoms with Gasteiger partial charge in [0.05, 0.1) is 23.6 Å². The Morgan fingerprint density at radius 2 is 1.91 bits per heavy atom. The van der Waals surface area contributed by atoms with Crippen LogP contribution < -0.4 is 0 Å². The van der Waals surface area contributed by atoms with Crippen LogP contribution in [0.1, 0.15) is 15.9 Å². The van der Waals surface area contributed by atoms with E-state index in [0.29, 0.717) is 12.1 Å². The molecule has 0 aliphatic heterocycles. The smallest absolute Gasteiger partial charge is 0.257 e. The predicted octanol–water partition coefficient (Wildman–Crippen LogP) is 1.88. The fourth-order valence-electron chi connectivity index (χ4n) is 2.27. The molecule has 0 spiro atoms. The fourth-order valence-corrected chi connectivity index (χ4v) is 2.27. The first-order valence-electron chi connectivity index (χ1n) is 6.96. The van der Waals surface area contributed by atoms with Crippen molar-refractivity contribution in [2.75, 3.05) is 7.05 Å². The van der Waals surface area contributed by atoms with Crippen LogP contribution in [0, 0.1) is 0 Å². The third-order valence-corrected chi connectivity index (χ3v) is 3.38. The van der Waals surface area contributed by atoms with Crippen molar-refractivity contribution in [2.24, 2.45) is 7.05 Å². The average molecular weight is 295 g/mol. The highest BCUT2D eigenvalue weighted by Crippen LogP contribution is 2.11. The molecule has 22 heavy (non-hydrogen) atoms. The molecule has 0 N–H and O–H groups in total. The molecule has 0 saturated carbocycles. The highest BCUT2D eigenvalue weighted by molar-refractivity contribution is 5.93. The summed E-state index contributed by atoms with van der Waals surface area (Å²) >= 11 is 0. The molecular formula is C16H17N5O. The van der Waals surface area contributed by atoms with Crippen LogP contribution in [0.3, 0.4) is 0 Å². The minimum Gasteiger partial charge on any atom is -0.337 e. The topological polar surface area (TPSA) is 56.0 Å². The molecule has 0 fully saturated rings. The van der Waals surface area contributed by atoms with Crippen molar-refractivity contribution in [1.29, 1.82) is 0 Å². The first-order valence-corrected chi connectivity index (χ1v) is 6.96. The summed E-state index contributed by atoms with van der Waals surface area (Å²) in [5.41, 5.74) is 2.49. The van der Waals surface area contributed by atoms with E-state index in [0.717, 1.165) is 11.3 Å². The summed E-state index contributed by atoms with van der Waals surface area (Å²) in [5.74, 6) is -0.0639. The Kier molecular flexibility index (Phi) is 3.74. The number of aromatic nitrogens is 4. The van der Waals surface area contributed by atoms with Crippen molar-refractivity contribution < 1.29 is 4.79 Å². The molecule has 0 atom stereocenters. The van der Waals surface area contributed by atoms with E-state index in [4.69, 9.17) is 0 Å². The van der Waals surface area contributed by atoms with Crippen LogP contribution in [0.5, 0.6) is 0 Å². The second-order valence-corrected chi connectivity index (χ2v) is 5.19. The van der Waals surface area contributed by atoms with Gasteiger partial charge in [0.1, 0.15) is 0 Å². The Labute approximate surface area is 128 Å². The molecule has 0 unspecified atom stereocenters. The molecule has 0 saturated heterocycles. The van der Waals surface area contributed by atoms with Gasteiger partial charge in [0.15, 0.2) is 0 Å². The molecule has 112 valence electrons. The van der Waals surface area contributed by atoms with Gasteiger partial charge in [0.2, 0.25) is 0 Å². The fraction of sp³-hybridized carbons (Fsp3) is 0.188. The lowest BCUT2D eigenvalue weighted by molar-refractivity contribution is 0.0785. The zero-order valence-corrected chi connectivity index (χ0v) is 12.5. The van der Waals surface area contributed by atoms with E-state index < -0.39 is 0 Å². The number of aryl methyl sites for hydroxylation is 1. The maximum atomic E-state index is 12.4. The van der Waals surface area contributed by atoms with Crippen molar-refractivity contribution in [1.82, 2.24) is 24.5 Å². The zero-order chi connectivity index (χ0) is 15.5. The first-order chi connectivity index (χ1) is 10.6. The van der Waals surface area contributed by atoms with Crippen LogP contribution in [0.2, 0.25) is 0 Å². The minimum absolute atomic E-state index is 0.0639. The zero-order valence-electron chi connectivity index (χ0n) is 12.5. The number of hydrogen-bond donors (Lipinski definition) is 0. The average Bonchev–Trinajstić information content (AvgIpc) is 3.17. The Balaban J connectivity index is 1.74. The molecule has 0 aliphatic rings. The molecular weight excluding hydrogens is 278 g/mol. The van der Waals surface area contributed by atoms with Gasteiger partial charge >= 0.3 is 0 Å². The SMILES string of the molecule is CN(Cc1cnn(C)c1)C(=O)c1cnn(-c2ccccc2)c1. The van der Waals surface area contributed by atoms with Gasteiger partial charge in [-0.2, -0.15) is 10.2 Å². The number of carbonyl (C=O) groups is 1. The molecule has 1 aromatic carbocycles. The van der Waals surface area contributed by atoms with Gasteiger partial charge in [-0.05, 0) is 12.1 Å². The van der Waals surface area contributed by atoms with Crippen molar-refractivity contribution >= 4 is 5.91 Å². The molecule has 6 heteroatoms. The molecule has 0 aliphatic carbocycles. The van der Waals surface area contributed by atoms with Crippen LogP contribution in [0.25, 0.3) is 5.69 Å². The largest absolute Gasteiger partial charge is 0.337 e. The highest BCUT2D eigenvalue weighted by Gasteiger charge is 2.15. The molecule has 6 nitrogen and oxygen atoms in total. The number of hydrogen-bond acceptors (Lipinski definition) is 3. The van der Waals surface area contributed by atoms with Crippen molar-refractivity contribution in [2.45, 2.75) is 6.54 Å².